The summed E-state index contributed by atoms with van der Waals surface area (Å²) in [6.45, 7) is 6.10. The second-order valence-corrected chi connectivity index (χ2v) is 5.08. The molecule has 2 N–H and O–H groups in total. The van der Waals surface area contributed by atoms with E-state index in [1.165, 1.54) is 0 Å². The first-order valence-electron chi connectivity index (χ1n) is 7.26. The van der Waals surface area contributed by atoms with Crippen molar-refractivity contribution >= 4 is 16.5 Å². The molecule has 0 unspecified atom stereocenters. The molecule has 0 aliphatic heterocycles. The maximum Gasteiger partial charge on any atom is 0.183 e. The van der Waals surface area contributed by atoms with Crippen LogP contribution in [0.15, 0.2) is 24.3 Å². The third-order valence-electron chi connectivity index (χ3n) is 3.82. The summed E-state index contributed by atoms with van der Waals surface area (Å²) in [6, 6.07) is 8.12. The van der Waals surface area contributed by atoms with Gasteiger partial charge in [-0.15, -0.1) is 5.10 Å². The van der Waals surface area contributed by atoms with Gasteiger partial charge >= 0.3 is 0 Å². The summed E-state index contributed by atoms with van der Waals surface area (Å²) in [7, 11) is 0. The van der Waals surface area contributed by atoms with E-state index in [2.05, 4.69) is 41.3 Å². The van der Waals surface area contributed by atoms with E-state index in [1.54, 1.807) is 0 Å². The van der Waals surface area contributed by atoms with Crippen LogP contribution in [0.2, 0.25) is 0 Å². The maximum absolute atomic E-state index is 6.20. The van der Waals surface area contributed by atoms with E-state index < -0.39 is 0 Å². The molecule has 0 bridgehead atoms. The molecule has 2 aromatic heterocycles. The lowest BCUT2D eigenvalue weighted by Gasteiger charge is -2.09. The molecule has 0 spiro atoms. The van der Waals surface area contributed by atoms with Crippen LogP contribution in [-0.2, 0) is 12.8 Å². The summed E-state index contributed by atoms with van der Waals surface area (Å²) in [5.41, 5.74) is 9.81. The Hall–Kier alpha value is -2.43. The Morgan fingerprint density at radius 2 is 1.76 bits per heavy atom. The molecule has 108 valence electrons. The van der Waals surface area contributed by atoms with E-state index in [4.69, 9.17) is 5.73 Å². The number of nitrogens with two attached hydrogens (primary N) is 1. The van der Waals surface area contributed by atoms with Crippen LogP contribution in [0, 0.1) is 6.92 Å². The van der Waals surface area contributed by atoms with Gasteiger partial charge in [0.1, 0.15) is 0 Å². The van der Waals surface area contributed by atoms with Gasteiger partial charge in [0.2, 0.25) is 0 Å². The summed E-state index contributed by atoms with van der Waals surface area (Å²) < 4.78 is 1.85. The zero-order chi connectivity index (χ0) is 15.0. The number of aryl methyl sites for hydroxylation is 2. The molecular formula is C16H19N5. The Morgan fingerprint density at radius 3 is 2.43 bits per heavy atom. The molecule has 0 aliphatic rings. The van der Waals surface area contributed by atoms with Crippen molar-refractivity contribution in [3.8, 4) is 5.82 Å². The monoisotopic (exact) mass is 281 g/mol. The summed E-state index contributed by atoms with van der Waals surface area (Å²) in [6.07, 6.45) is 1.62. The van der Waals surface area contributed by atoms with Crippen LogP contribution in [0.1, 0.15) is 30.9 Å². The number of benzene rings is 1. The third kappa shape index (κ3) is 2.05. The van der Waals surface area contributed by atoms with Crippen molar-refractivity contribution in [1.29, 1.82) is 0 Å². The number of hydrogen-bond acceptors (Lipinski definition) is 4. The van der Waals surface area contributed by atoms with Gasteiger partial charge in [0, 0.05) is 10.8 Å². The van der Waals surface area contributed by atoms with Gasteiger partial charge in [-0.25, -0.2) is 4.68 Å². The fourth-order valence-corrected chi connectivity index (χ4v) is 2.67. The van der Waals surface area contributed by atoms with Gasteiger partial charge in [0.25, 0.3) is 0 Å². The molecule has 1 aromatic carbocycles. The highest BCUT2D eigenvalue weighted by molar-refractivity contribution is 5.89. The molecule has 0 fully saturated rings. The summed E-state index contributed by atoms with van der Waals surface area (Å²) in [5, 5.41) is 15.4. The van der Waals surface area contributed by atoms with Crippen LogP contribution >= 0.6 is 0 Å². The lowest BCUT2D eigenvalue weighted by molar-refractivity contribution is 0.759. The minimum Gasteiger partial charge on any atom is -0.396 e. The van der Waals surface area contributed by atoms with Gasteiger partial charge in [-0.05, 0) is 19.8 Å². The van der Waals surface area contributed by atoms with Crippen molar-refractivity contribution in [2.45, 2.75) is 33.6 Å². The zero-order valence-corrected chi connectivity index (χ0v) is 12.6. The number of nitrogen functional groups attached to an aromatic ring is 1. The normalized spacial score (nSPS) is 11.2. The first kappa shape index (κ1) is 13.5. The summed E-state index contributed by atoms with van der Waals surface area (Å²) >= 11 is 0. The number of hydrogen-bond donors (Lipinski definition) is 1. The summed E-state index contributed by atoms with van der Waals surface area (Å²) in [4.78, 5) is 0. The standard InChI is InChI=1S/C16H19N5/c1-4-13-15(17)14(5-2)21(20-13)16-12-9-7-6-8-11(12)10(3)18-19-16/h6-9H,4-5,17H2,1-3H3. The largest absolute Gasteiger partial charge is 0.396 e. The molecule has 2 heterocycles. The Kier molecular flexibility index (Phi) is 3.33. The van der Waals surface area contributed by atoms with Gasteiger partial charge in [-0.2, -0.15) is 10.2 Å². The minimum atomic E-state index is 0.749. The first-order valence-corrected chi connectivity index (χ1v) is 7.26. The Morgan fingerprint density at radius 1 is 1.05 bits per heavy atom. The molecule has 0 aliphatic carbocycles. The highest BCUT2D eigenvalue weighted by atomic mass is 15.4. The molecule has 3 aromatic rings. The average molecular weight is 281 g/mol. The minimum absolute atomic E-state index is 0.749. The molecule has 3 rings (SSSR count). The van der Waals surface area contributed by atoms with Crippen LogP contribution < -0.4 is 5.73 Å². The molecule has 5 nitrogen and oxygen atoms in total. The van der Waals surface area contributed by atoms with Crippen molar-refractivity contribution in [2.75, 3.05) is 5.73 Å². The summed E-state index contributed by atoms with van der Waals surface area (Å²) in [5.74, 6) is 0.749. The van der Waals surface area contributed by atoms with E-state index in [1.807, 2.05) is 23.7 Å². The van der Waals surface area contributed by atoms with E-state index in [0.717, 1.165) is 52.2 Å². The van der Waals surface area contributed by atoms with Crippen molar-refractivity contribution in [2.24, 2.45) is 0 Å². The van der Waals surface area contributed by atoms with Gasteiger partial charge in [-0.1, -0.05) is 38.1 Å². The number of aromatic nitrogens is 4. The highest BCUT2D eigenvalue weighted by Gasteiger charge is 2.17. The molecule has 0 saturated heterocycles. The smallest absolute Gasteiger partial charge is 0.183 e. The van der Waals surface area contributed by atoms with Gasteiger partial charge < -0.3 is 5.73 Å². The molecule has 0 amide bonds. The van der Waals surface area contributed by atoms with Crippen LogP contribution in [0.3, 0.4) is 0 Å². The van der Waals surface area contributed by atoms with Crippen LogP contribution in [0.5, 0.6) is 0 Å². The lowest BCUT2D eigenvalue weighted by atomic mass is 10.1. The quantitative estimate of drug-likeness (QED) is 0.801. The van der Waals surface area contributed by atoms with Crippen molar-refractivity contribution in [3.63, 3.8) is 0 Å². The Bertz CT molecular complexity index is 804. The second-order valence-electron chi connectivity index (χ2n) is 5.08. The van der Waals surface area contributed by atoms with Gasteiger partial charge in [0.15, 0.2) is 5.82 Å². The van der Waals surface area contributed by atoms with Crippen LogP contribution in [-0.4, -0.2) is 20.0 Å². The molecule has 0 atom stereocenters. The number of rotatable bonds is 3. The van der Waals surface area contributed by atoms with Crippen molar-refractivity contribution < 1.29 is 0 Å². The van der Waals surface area contributed by atoms with E-state index in [9.17, 15) is 0 Å². The first-order chi connectivity index (χ1) is 10.2. The third-order valence-corrected chi connectivity index (χ3v) is 3.82. The van der Waals surface area contributed by atoms with E-state index in [-0.39, 0.29) is 0 Å². The molecule has 5 heteroatoms. The van der Waals surface area contributed by atoms with Crippen LogP contribution in [0.4, 0.5) is 5.69 Å². The number of nitrogens with zero attached hydrogens (tertiary/aromatic N) is 4. The SMILES string of the molecule is CCc1nn(-c2nnc(C)c3ccccc23)c(CC)c1N. The maximum atomic E-state index is 6.20. The van der Waals surface area contributed by atoms with Gasteiger partial charge in [0.05, 0.1) is 22.8 Å². The molecular weight excluding hydrogens is 262 g/mol. The number of anilines is 1. The van der Waals surface area contributed by atoms with Crippen molar-refractivity contribution in [1.82, 2.24) is 20.0 Å². The fraction of sp³-hybridized carbons (Fsp3) is 0.312. The fourth-order valence-electron chi connectivity index (χ4n) is 2.67. The van der Waals surface area contributed by atoms with Crippen LogP contribution in [0.25, 0.3) is 16.6 Å². The van der Waals surface area contributed by atoms with Crippen molar-refractivity contribution in [3.05, 3.63) is 41.3 Å². The Balaban J connectivity index is 2.33. The predicted molar refractivity (Wildman–Crippen MR) is 84.6 cm³/mol. The molecule has 21 heavy (non-hydrogen) atoms. The number of fused-ring (bicyclic) bond motifs is 1. The van der Waals surface area contributed by atoms with Gasteiger partial charge in [-0.3, -0.25) is 0 Å². The second kappa shape index (κ2) is 5.16. The zero-order valence-electron chi connectivity index (χ0n) is 12.6. The van der Waals surface area contributed by atoms with E-state index >= 15 is 0 Å². The molecule has 0 radical (unpaired) electrons. The predicted octanol–water partition coefficient (Wildman–Crippen LogP) is 2.83. The van der Waals surface area contributed by atoms with E-state index in [0.29, 0.717) is 0 Å². The highest BCUT2D eigenvalue weighted by Crippen LogP contribution is 2.26. The lowest BCUT2D eigenvalue weighted by Crippen LogP contribution is -2.07. The average Bonchev–Trinajstić information content (AvgIpc) is 2.84. The molecule has 0 saturated carbocycles. The topological polar surface area (TPSA) is 69.6 Å². The Labute approximate surface area is 123 Å².